The lowest BCUT2D eigenvalue weighted by molar-refractivity contribution is 0.247. The summed E-state index contributed by atoms with van der Waals surface area (Å²) in [5.74, 6) is 1.26. The number of sulfonamides is 1. The number of aromatic nitrogens is 4. The first kappa shape index (κ1) is 15.1. The van der Waals surface area contributed by atoms with Crippen molar-refractivity contribution in [3.63, 3.8) is 0 Å². The average molecular weight is 321 g/mol. The van der Waals surface area contributed by atoms with Crippen molar-refractivity contribution >= 4 is 10.0 Å². The molecule has 0 spiro atoms. The largest absolute Gasteiger partial charge is 0.264 e. The van der Waals surface area contributed by atoms with Crippen LogP contribution in [0.25, 0.3) is 11.4 Å². The van der Waals surface area contributed by atoms with Crippen LogP contribution in [0.1, 0.15) is 38.1 Å². The molecular formula is C14H19N5O2S. The molecule has 1 aliphatic rings. The molecule has 0 aromatic carbocycles. The van der Waals surface area contributed by atoms with Gasteiger partial charge in [0.05, 0.1) is 11.8 Å². The smallest absolute Gasteiger partial charge is 0.214 e. The van der Waals surface area contributed by atoms with Crippen LogP contribution in [0, 0.1) is 0 Å². The predicted octanol–water partition coefficient (Wildman–Crippen LogP) is 1.74. The molecule has 0 aliphatic carbocycles. The van der Waals surface area contributed by atoms with Gasteiger partial charge in [0.1, 0.15) is 5.82 Å². The molecule has 3 rings (SSSR count). The van der Waals surface area contributed by atoms with Crippen LogP contribution in [0.4, 0.5) is 0 Å². The van der Waals surface area contributed by atoms with Crippen molar-refractivity contribution in [2.75, 3.05) is 12.3 Å². The maximum atomic E-state index is 12.3. The first-order chi connectivity index (χ1) is 10.6. The Balaban J connectivity index is 1.91. The van der Waals surface area contributed by atoms with Crippen LogP contribution < -0.4 is 0 Å². The summed E-state index contributed by atoms with van der Waals surface area (Å²) in [6, 6.07) is 3.44. The van der Waals surface area contributed by atoms with E-state index in [-0.39, 0.29) is 11.8 Å². The van der Waals surface area contributed by atoms with E-state index in [4.69, 9.17) is 0 Å². The Morgan fingerprint density at radius 1 is 1.41 bits per heavy atom. The van der Waals surface area contributed by atoms with E-state index in [0.29, 0.717) is 18.2 Å². The van der Waals surface area contributed by atoms with Gasteiger partial charge in [-0.05, 0) is 31.9 Å². The summed E-state index contributed by atoms with van der Waals surface area (Å²) in [6.45, 7) is 2.21. The molecule has 2 aromatic heterocycles. The zero-order valence-electron chi connectivity index (χ0n) is 12.4. The number of hydrogen-bond acceptors (Lipinski definition) is 5. The highest BCUT2D eigenvalue weighted by atomic mass is 32.2. The highest BCUT2D eigenvalue weighted by molar-refractivity contribution is 7.89. The lowest BCUT2D eigenvalue weighted by Crippen LogP contribution is -2.39. The van der Waals surface area contributed by atoms with Gasteiger partial charge in [0.25, 0.3) is 0 Å². The summed E-state index contributed by atoms with van der Waals surface area (Å²) in [5, 5.41) is 7.11. The first-order valence-electron chi connectivity index (χ1n) is 7.44. The van der Waals surface area contributed by atoms with Crippen LogP contribution in [-0.4, -0.2) is 45.2 Å². The molecule has 22 heavy (non-hydrogen) atoms. The minimum absolute atomic E-state index is 0.104. The Hall–Kier alpha value is -1.80. The van der Waals surface area contributed by atoms with Gasteiger partial charge in [-0.2, -0.15) is 9.40 Å². The Morgan fingerprint density at radius 2 is 2.27 bits per heavy atom. The Morgan fingerprint density at radius 3 is 3.00 bits per heavy atom. The van der Waals surface area contributed by atoms with Crippen molar-refractivity contribution in [1.82, 2.24) is 24.5 Å². The summed E-state index contributed by atoms with van der Waals surface area (Å²) in [5.41, 5.74) is 0.811. The van der Waals surface area contributed by atoms with Crippen LogP contribution in [0.2, 0.25) is 0 Å². The molecule has 1 saturated heterocycles. The highest BCUT2D eigenvalue weighted by Crippen LogP contribution is 2.32. The Kier molecular flexibility index (Phi) is 4.21. The molecule has 0 radical (unpaired) electrons. The number of nitrogens with one attached hydrogen (secondary N) is 1. The van der Waals surface area contributed by atoms with Crippen molar-refractivity contribution in [3.05, 3.63) is 30.4 Å². The van der Waals surface area contributed by atoms with Crippen molar-refractivity contribution in [1.29, 1.82) is 0 Å². The number of H-pyrrole nitrogens is 1. The van der Waals surface area contributed by atoms with Gasteiger partial charge in [0.15, 0.2) is 5.82 Å². The number of rotatable bonds is 4. The molecule has 1 fully saturated rings. The van der Waals surface area contributed by atoms with Gasteiger partial charge < -0.3 is 0 Å². The quantitative estimate of drug-likeness (QED) is 0.926. The van der Waals surface area contributed by atoms with Gasteiger partial charge in [-0.3, -0.25) is 10.1 Å². The van der Waals surface area contributed by atoms with Gasteiger partial charge in [-0.1, -0.05) is 6.42 Å². The third-order valence-electron chi connectivity index (χ3n) is 3.91. The maximum Gasteiger partial charge on any atom is 0.214 e. The van der Waals surface area contributed by atoms with Gasteiger partial charge in [0.2, 0.25) is 10.0 Å². The third kappa shape index (κ3) is 2.89. The fourth-order valence-electron chi connectivity index (χ4n) is 2.72. The Bertz CT molecular complexity index is 729. The standard InChI is InChI=1S/C14H19N5O2S/c1-2-22(20,21)19-9-4-3-7-12(19)14-16-13(17-18-14)11-6-5-8-15-10-11/h5-6,8,10,12H,2-4,7,9H2,1H3,(H,16,17,18). The number of pyridine rings is 1. The van der Waals surface area contributed by atoms with Gasteiger partial charge >= 0.3 is 0 Å². The molecule has 1 unspecified atom stereocenters. The molecule has 0 saturated carbocycles. The van der Waals surface area contributed by atoms with Gasteiger partial charge in [0, 0.05) is 24.5 Å². The van der Waals surface area contributed by atoms with Crippen LogP contribution >= 0.6 is 0 Å². The normalized spacial score (nSPS) is 20.1. The summed E-state index contributed by atoms with van der Waals surface area (Å²) < 4.78 is 26.1. The van der Waals surface area contributed by atoms with E-state index in [2.05, 4.69) is 20.2 Å². The fourth-order valence-corrected chi connectivity index (χ4v) is 4.06. The number of nitrogens with zero attached hydrogens (tertiary/aromatic N) is 4. The lowest BCUT2D eigenvalue weighted by atomic mass is 10.0. The van der Waals surface area contributed by atoms with Crippen LogP contribution in [0.15, 0.2) is 24.5 Å². The summed E-state index contributed by atoms with van der Waals surface area (Å²) >= 11 is 0. The van der Waals surface area contributed by atoms with Gasteiger partial charge in [-0.15, -0.1) is 0 Å². The number of piperidine rings is 1. The molecule has 118 valence electrons. The van der Waals surface area contributed by atoms with Crippen molar-refractivity contribution < 1.29 is 8.42 Å². The Labute approximate surface area is 129 Å². The van der Waals surface area contributed by atoms with E-state index in [1.165, 1.54) is 0 Å². The monoisotopic (exact) mass is 321 g/mol. The molecule has 3 heterocycles. The van der Waals surface area contributed by atoms with Crippen molar-refractivity contribution in [2.24, 2.45) is 0 Å². The summed E-state index contributed by atoms with van der Waals surface area (Å²) in [7, 11) is -3.24. The fraction of sp³-hybridized carbons (Fsp3) is 0.500. The topological polar surface area (TPSA) is 91.8 Å². The van der Waals surface area contributed by atoms with E-state index in [1.807, 2.05) is 12.1 Å². The molecule has 0 amide bonds. The molecule has 0 bridgehead atoms. The molecule has 8 heteroatoms. The van der Waals surface area contributed by atoms with E-state index in [9.17, 15) is 8.42 Å². The van der Waals surface area contributed by atoms with E-state index >= 15 is 0 Å². The molecule has 1 atom stereocenters. The maximum absolute atomic E-state index is 12.3. The minimum atomic E-state index is -3.24. The average Bonchev–Trinajstić information content (AvgIpc) is 3.05. The van der Waals surface area contributed by atoms with Crippen LogP contribution in [-0.2, 0) is 10.0 Å². The molecule has 2 aromatic rings. The number of aromatic amines is 1. The van der Waals surface area contributed by atoms with Crippen molar-refractivity contribution in [2.45, 2.75) is 32.2 Å². The first-order valence-corrected chi connectivity index (χ1v) is 9.05. The van der Waals surface area contributed by atoms with E-state index in [1.54, 1.807) is 23.6 Å². The molecule has 7 nitrogen and oxygen atoms in total. The SMILES string of the molecule is CCS(=O)(=O)N1CCCCC1c1nc(-c2cccnc2)n[nH]1. The molecule has 1 N–H and O–H groups in total. The van der Waals surface area contributed by atoms with Crippen LogP contribution in [0.3, 0.4) is 0 Å². The third-order valence-corrected chi connectivity index (χ3v) is 5.80. The second-order valence-electron chi connectivity index (χ2n) is 5.31. The highest BCUT2D eigenvalue weighted by Gasteiger charge is 2.34. The molecular weight excluding hydrogens is 302 g/mol. The minimum Gasteiger partial charge on any atom is -0.264 e. The number of hydrogen-bond donors (Lipinski definition) is 1. The second kappa shape index (κ2) is 6.13. The van der Waals surface area contributed by atoms with E-state index in [0.717, 1.165) is 24.8 Å². The zero-order valence-corrected chi connectivity index (χ0v) is 13.3. The summed E-state index contributed by atoms with van der Waals surface area (Å²) in [4.78, 5) is 8.54. The van der Waals surface area contributed by atoms with Gasteiger partial charge in [-0.25, -0.2) is 13.4 Å². The predicted molar refractivity (Wildman–Crippen MR) is 82.4 cm³/mol. The van der Waals surface area contributed by atoms with E-state index < -0.39 is 10.0 Å². The second-order valence-corrected chi connectivity index (χ2v) is 7.52. The van der Waals surface area contributed by atoms with Crippen LogP contribution in [0.5, 0.6) is 0 Å². The zero-order chi connectivity index (χ0) is 15.6. The van der Waals surface area contributed by atoms with Crippen molar-refractivity contribution in [3.8, 4) is 11.4 Å². The summed E-state index contributed by atoms with van der Waals surface area (Å²) in [6.07, 6.45) is 6.02. The lowest BCUT2D eigenvalue weighted by Gasteiger charge is -2.32. The molecule has 1 aliphatic heterocycles.